The molecule has 0 N–H and O–H groups in total. The van der Waals surface area contributed by atoms with Crippen molar-refractivity contribution in [3.63, 3.8) is 0 Å². The SMILES string of the molecule is COc1ccc(COC2CN(C(=O)[O-])CCC2c2ccc(C)cc2)cc1. The molecule has 1 heterocycles. The Balaban J connectivity index is 1.72. The summed E-state index contributed by atoms with van der Waals surface area (Å²) >= 11 is 0. The zero-order chi connectivity index (χ0) is 18.5. The number of rotatable bonds is 5. The highest BCUT2D eigenvalue weighted by Crippen LogP contribution is 2.31. The van der Waals surface area contributed by atoms with E-state index in [0.717, 1.165) is 17.7 Å². The molecule has 5 heteroatoms. The zero-order valence-corrected chi connectivity index (χ0v) is 15.2. The second-order valence-corrected chi connectivity index (χ2v) is 6.72. The van der Waals surface area contributed by atoms with Gasteiger partial charge in [0.15, 0.2) is 0 Å². The summed E-state index contributed by atoms with van der Waals surface area (Å²) < 4.78 is 11.3. The minimum atomic E-state index is -1.13. The van der Waals surface area contributed by atoms with Gasteiger partial charge in [-0.3, -0.25) is 0 Å². The lowest BCUT2D eigenvalue weighted by atomic mass is 9.86. The average molecular weight is 354 g/mol. The van der Waals surface area contributed by atoms with Gasteiger partial charge < -0.3 is 24.3 Å². The quantitative estimate of drug-likeness (QED) is 0.828. The number of carbonyl (C=O) groups is 1. The van der Waals surface area contributed by atoms with E-state index >= 15 is 0 Å². The van der Waals surface area contributed by atoms with Crippen LogP contribution in [0.1, 0.15) is 29.0 Å². The normalized spacial score (nSPS) is 20.0. The lowest BCUT2D eigenvalue weighted by molar-refractivity contribution is -0.268. The van der Waals surface area contributed by atoms with Crippen molar-refractivity contribution < 1.29 is 19.4 Å². The summed E-state index contributed by atoms with van der Waals surface area (Å²) in [4.78, 5) is 12.6. The number of carboxylic acid groups (broad SMARTS) is 1. The van der Waals surface area contributed by atoms with Gasteiger partial charge in [-0.15, -0.1) is 0 Å². The van der Waals surface area contributed by atoms with E-state index in [-0.39, 0.29) is 12.0 Å². The summed E-state index contributed by atoms with van der Waals surface area (Å²) in [6, 6.07) is 16.1. The number of aryl methyl sites for hydroxylation is 1. The van der Waals surface area contributed by atoms with Gasteiger partial charge in [-0.05, 0) is 36.6 Å². The molecule has 2 unspecified atom stereocenters. The molecule has 0 aromatic heterocycles. The van der Waals surface area contributed by atoms with Crippen LogP contribution < -0.4 is 9.84 Å². The molecule has 1 aliphatic rings. The Labute approximate surface area is 154 Å². The molecule has 1 fully saturated rings. The predicted molar refractivity (Wildman–Crippen MR) is 97.1 cm³/mol. The molecular weight excluding hydrogens is 330 g/mol. The molecule has 2 aromatic carbocycles. The highest BCUT2D eigenvalue weighted by molar-refractivity contribution is 5.62. The van der Waals surface area contributed by atoms with Crippen LogP contribution in [0.5, 0.6) is 5.75 Å². The van der Waals surface area contributed by atoms with Gasteiger partial charge in [-0.25, -0.2) is 0 Å². The molecule has 138 valence electrons. The van der Waals surface area contributed by atoms with Gasteiger partial charge in [0, 0.05) is 19.0 Å². The maximum atomic E-state index is 11.3. The summed E-state index contributed by atoms with van der Waals surface area (Å²) in [5, 5.41) is 11.3. The molecule has 0 spiro atoms. The van der Waals surface area contributed by atoms with Crippen LogP contribution in [-0.4, -0.2) is 37.3 Å². The first-order chi connectivity index (χ1) is 12.6. The number of amides is 1. The van der Waals surface area contributed by atoms with Crippen LogP contribution in [0.4, 0.5) is 4.79 Å². The molecule has 0 radical (unpaired) electrons. The lowest BCUT2D eigenvalue weighted by Crippen LogP contribution is -2.51. The fourth-order valence-electron chi connectivity index (χ4n) is 3.37. The molecule has 1 amide bonds. The van der Waals surface area contributed by atoms with E-state index in [1.54, 1.807) is 7.11 Å². The van der Waals surface area contributed by atoms with E-state index in [4.69, 9.17) is 9.47 Å². The molecule has 0 saturated carbocycles. The molecule has 2 aromatic rings. The van der Waals surface area contributed by atoms with E-state index in [9.17, 15) is 9.90 Å². The van der Waals surface area contributed by atoms with E-state index in [2.05, 4.69) is 31.2 Å². The number of carbonyl (C=O) groups excluding carboxylic acids is 1. The van der Waals surface area contributed by atoms with Crippen LogP contribution in [0.15, 0.2) is 48.5 Å². The third kappa shape index (κ3) is 4.35. The van der Waals surface area contributed by atoms with Gasteiger partial charge >= 0.3 is 0 Å². The van der Waals surface area contributed by atoms with Crippen molar-refractivity contribution in [3.8, 4) is 5.75 Å². The van der Waals surface area contributed by atoms with E-state index < -0.39 is 6.09 Å². The van der Waals surface area contributed by atoms with Crippen LogP contribution in [0, 0.1) is 6.92 Å². The molecule has 3 rings (SSSR count). The second kappa shape index (κ2) is 8.23. The van der Waals surface area contributed by atoms with Crippen molar-refractivity contribution in [3.05, 3.63) is 65.2 Å². The van der Waals surface area contributed by atoms with Crippen molar-refractivity contribution >= 4 is 6.09 Å². The minimum Gasteiger partial charge on any atom is -0.530 e. The molecule has 0 bridgehead atoms. The van der Waals surface area contributed by atoms with Crippen molar-refractivity contribution in [1.29, 1.82) is 0 Å². The van der Waals surface area contributed by atoms with Crippen molar-refractivity contribution in [2.75, 3.05) is 20.2 Å². The highest BCUT2D eigenvalue weighted by Gasteiger charge is 2.31. The largest absolute Gasteiger partial charge is 0.530 e. The molecule has 1 aliphatic heterocycles. The number of ether oxygens (including phenoxy) is 2. The first-order valence-electron chi connectivity index (χ1n) is 8.84. The maximum Gasteiger partial charge on any atom is 0.137 e. The molecule has 26 heavy (non-hydrogen) atoms. The smallest absolute Gasteiger partial charge is 0.137 e. The summed E-state index contributed by atoms with van der Waals surface area (Å²) in [7, 11) is 1.63. The predicted octanol–water partition coefficient (Wildman–Crippen LogP) is 2.72. The van der Waals surface area contributed by atoms with Gasteiger partial charge in [-0.2, -0.15) is 0 Å². The number of likely N-dealkylation sites (tertiary alicyclic amines) is 1. The van der Waals surface area contributed by atoms with Gasteiger partial charge in [0.25, 0.3) is 0 Å². The molecule has 1 saturated heterocycles. The number of piperidine rings is 1. The monoisotopic (exact) mass is 354 g/mol. The second-order valence-electron chi connectivity index (χ2n) is 6.72. The van der Waals surface area contributed by atoms with Gasteiger partial charge in [0.2, 0.25) is 0 Å². The molecule has 0 aliphatic carbocycles. The van der Waals surface area contributed by atoms with Crippen LogP contribution in [0.25, 0.3) is 0 Å². The van der Waals surface area contributed by atoms with Crippen LogP contribution in [0.3, 0.4) is 0 Å². The third-order valence-electron chi connectivity index (χ3n) is 4.95. The summed E-state index contributed by atoms with van der Waals surface area (Å²) in [5.41, 5.74) is 3.42. The topological polar surface area (TPSA) is 61.8 Å². The van der Waals surface area contributed by atoms with Crippen molar-refractivity contribution in [2.45, 2.75) is 32.0 Å². The Morgan fingerprint density at radius 1 is 1.15 bits per heavy atom. The fourth-order valence-corrected chi connectivity index (χ4v) is 3.37. The zero-order valence-electron chi connectivity index (χ0n) is 15.2. The first kappa shape index (κ1) is 18.3. The Morgan fingerprint density at radius 2 is 1.85 bits per heavy atom. The van der Waals surface area contributed by atoms with E-state index in [1.165, 1.54) is 16.0 Å². The Morgan fingerprint density at radius 3 is 2.46 bits per heavy atom. The standard InChI is InChI=1S/C21H25NO4/c1-15-3-7-17(8-4-15)19-11-12-22(21(23)24)13-20(19)26-14-16-5-9-18(25-2)10-6-16/h3-10,19-20H,11-14H2,1-2H3,(H,23,24)/p-1. The average Bonchev–Trinajstić information content (AvgIpc) is 2.67. The molecule has 2 atom stereocenters. The Bertz CT molecular complexity index is 727. The van der Waals surface area contributed by atoms with E-state index in [1.807, 2.05) is 24.3 Å². The summed E-state index contributed by atoms with van der Waals surface area (Å²) in [5.74, 6) is 0.969. The molecular formula is C21H24NO4-. The number of methoxy groups -OCH3 is 1. The Hall–Kier alpha value is -2.53. The lowest BCUT2D eigenvalue weighted by Gasteiger charge is -2.40. The van der Waals surface area contributed by atoms with Gasteiger partial charge in [-0.1, -0.05) is 42.0 Å². The van der Waals surface area contributed by atoms with Crippen LogP contribution in [-0.2, 0) is 11.3 Å². The van der Waals surface area contributed by atoms with Crippen LogP contribution in [0.2, 0.25) is 0 Å². The summed E-state index contributed by atoms with van der Waals surface area (Å²) in [6.45, 7) is 3.29. The Kier molecular flexibility index (Phi) is 5.78. The third-order valence-corrected chi connectivity index (χ3v) is 4.95. The molecule has 5 nitrogen and oxygen atoms in total. The van der Waals surface area contributed by atoms with Crippen molar-refractivity contribution in [1.82, 2.24) is 4.90 Å². The van der Waals surface area contributed by atoms with Crippen LogP contribution >= 0.6 is 0 Å². The number of benzene rings is 2. The van der Waals surface area contributed by atoms with Crippen molar-refractivity contribution in [2.24, 2.45) is 0 Å². The highest BCUT2D eigenvalue weighted by atomic mass is 16.5. The fraction of sp³-hybridized carbons (Fsp3) is 0.381. The maximum absolute atomic E-state index is 11.3. The summed E-state index contributed by atoms with van der Waals surface area (Å²) in [6.07, 6.45) is -0.610. The van der Waals surface area contributed by atoms with Gasteiger partial charge in [0.05, 0.1) is 19.8 Å². The van der Waals surface area contributed by atoms with Gasteiger partial charge in [0.1, 0.15) is 11.8 Å². The number of hydrogen-bond donors (Lipinski definition) is 0. The number of nitrogens with zero attached hydrogens (tertiary/aromatic N) is 1. The first-order valence-corrected chi connectivity index (χ1v) is 8.84. The minimum absolute atomic E-state index is 0.171. The number of hydrogen-bond acceptors (Lipinski definition) is 4. The van der Waals surface area contributed by atoms with E-state index in [0.29, 0.717) is 19.7 Å².